The van der Waals surface area contributed by atoms with Crippen LogP contribution in [0.5, 0.6) is 0 Å². The lowest BCUT2D eigenvalue weighted by atomic mass is 10.0. The molecule has 1 nitrogen and oxygen atoms in total. The molecule has 0 spiro atoms. The van der Waals surface area contributed by atoms with Crippen LogP contribution in [0.15, 0.2) is 0 Å². The van der Waals surface area contributed by atoms with Crippen molar-refractivity contribution in [2.75, 3.05) is 12.8 Å². The van der Waals surface area contributed by atoms with E-state index in [1.807, 2.05) is 0 Å². The summed E-state index contributed by atoms with van der Waals surface area (Å²) in [6.45, 7) is 2.07. The summed E-state index contributed by atoms with van der Waals surface area (Å²) >= 11 is 0. The van der Waals surface area contributed by atoms with Crippen LogP contribution in [0.25, 0.3) is 0 Å². The van der Waals surface area contributed by atoms with Crippen LogP contribution in [0, 0.1) is 29.6 Å². The Morgan fingerprint density at radius 2 is 2.00 bits per heavy atom. The van der Waals surface area contributed by atoms with Gasteiger partial charge < -0.3 is 4.57 Å². The number of rotatable bonds is 0. The van der Waals surface area contributed by atoms with E-state index in [-0.39, 0.29) is 0 Å². The standard InChI is InChI=1S/C9H13OP/c1-11(10)3-6-4-2-5-7(6)8(5)9(4)11/h4-9H,2-3H2,1H3/t4-,5+,6-,7?,8?,9+,11+/m1/s1. The molecule has 5 aliphatic rings. The van der Waals surface area contributed by atoms with E-state index >= 15 is 0 Å². The van der Waals surface area contributed by atoms with Gasteiger partial charge in [-0.2, -0.15) is 0 Å². The SMILES string of the molecule is C[P@]1(=O)C[C@H]2C3C4[C@H]3C[C@H]2[C@@H]41. The van der Waals surface area contributed by atoms with Crippen LogP contribution in [0.2, 0.25) is 0 Å². The largest absolute Gasteiger partial charge is 0.324 e. The summed E-state index contributed by atoms with van der Waals surface area (Å²) in [6, 6.07) is 0. The third-order valence-electron chi connectivity index (χ3n) is 4.92. The van der Waals surface area contributed by atoms with E-state index in [2.05, 4.69) is 6.66 Å². The maximum absolute atomic E-state index is 12.1. The lowest BCUT2D eigenvalue weighted by Gasteiger charge is -2.17. The third-order valence-corrected chi connectivity index (χ3v) is 8.05. The van der Waals surface area contributed by atoms with Crippen molar-refractivity contribution in [3.63, 3.8) is 0 Å². The minimum atomic E-state index is -1.63. The first-order valence-electron chi connectivity index (χ1n) is 4.76. The molecule has 1 saturated heterocycles. The summed E-state index contributed by atoms with van der Waals surface area (Å²) in [5, 5.41) is 0. The fourth-order valence-corrected chi connectivity index (χ4v) is 8.74. The Balaban J connectivity index is 1.97. The predicted molar refractivity (Wildman–Crippen MR) is 44.3 cm³/mol. The summed E-state index contributed by atoms with van der Waals surface area (Å²) in [7, 11) is -1.63. The molecule has 11 heavy (non-hydrogen) atoms. The highest BCUT2D eigenvalue weighted by Gasteiger charge is 2.79. The molecule has 5 rings (SSSR count). The first kappa shape index (κ1) is 5.80. The molecule has 0 N–H and O–H groups in total. The molecule has 0 aromatic carbocycles. The van der Waals surface area contributed by atoms with Crippen molar-refractivity contribution < 1.29 is 4.57 Å². The highest BCUT2D eigenvalue weighted by atomic mass is 31.2. The van der Waals surface area contributed by atoms with Gasteiger partial charge in [-0.25, -0.2) is 0 Å². The van der Waals surface area contributed by atoms with Gasteiger partial charge >= 0.3 is 0 Å². The van der Waals surface area contributed by atoms with Crippen LogP contribution in [0.1, 0.15) is 6.42 Å². The lowest BCUT2D eigenvalue weighted by molar-refractivity contribution is 0.483. The van der Waals surface area contributed by atoms with Crippen molar-refractivity contribution in [3.05, 3.63) is 0 Å². The molecule has 0 aromatic rings. The van der Waals surface area contributed by atoms with E-state index in [4.69, 9.17) is 0 Å². The van der Waals surface area contributed by atoms with Crippen molar-refractivity contribution in [1.29, 1.82) is 0 Å². The molecule has 1 heterocycles. The maximum atomic E-state index is 12.1. The zero-order chi connectivity index (χ0) is 7.38. The second kappa shape index (κ2) is 1.27. The van der Waals surface area contributed by atoms with E-state index in [0.717, 1.165) is 41.4 Å². The van der Waals surface area contributed by atoms with E-state index in [0.29, 0.717) is 0 Å². The fourth-order valence-electron chi connectivity index (χ4n) is 4.85. The Morgan fingerprint density at radius 1 is 1.18 bits per heavy atom. The van der Waals surface area contributed by atoms with Gasteiger partial charge in [0, 0.05) is 11.8 Å². The molecule has 5 fully saturated rings. The summed E-state index contributed by atoms with van der Waals surface area (Å²) < 4.78 is 12.1. The molecular weight excluding hydrogens is 155 g/mol. The van der Waals surface area contributed by atoms with Crippen LogP contribution < -0.4 is 0 Å². The van der Waals surface area contributed by atoms with Gasteiger partial charge in [-0.3, -0.25) is 0 Å². The Bertz CT molecular complexity index is 298. The van der Waals surface area contributed by atoms with Crippen molar-refractivity contribution in [1.82, 2.24) is 0 Å². The quantitative estimate of drug-likeness (QED) is 0.505. The molecule has 2 heteroatoms. The minimum absolute atomic E-state index is 0.725. The second-order valence-corrected chi connectivity index (χ2v) is 8.54. The van der Waals surface area contributed by atoms with Crippen LogP contribution in [0.3, 0.4) is 0 Å². The normalized spacial score (nSPS) is 81.2. The smallest absolute Gasteiger partial charge is 0.0886 e. The molecule has 2 unspecified atom stereocenters. The van der Waals surface area contributed by atoms with Crippen molar-refractivity contribution in [2.24, 2.45) is 29.6 Å². The average Bonchev–Trinajstić information content (AvgIpc) is 2.29. The lowest BCUT2D eigenvalue weighted by Crippen LogP contribution is -2.07. The molecule has 0 amide bonds. The highest BCUT2D eigenvalue weighted by molar-refractivity contribution is 7.64. The van der Waals surface area contributed by atoms with Crippen LogP contribution >= 0.6 is 7.14 Å². The summed E-state index contributed by atoms with van der Waals surface area (Å²) in [5.41, 5.74) is 0.725. The van der Waals surface area contributed by atoms with Crippen LogP contribution in [-0.4, -0.2) is 18.5 Å². The van der Waals surface area contributed by atoms with Crippen molar-refractivity contribution in [2.45, 2.75) is 12.1 Å². The van der Waals surface area contributed by atoms with Gasteiger partial charge in [0.15, 0.2) is 0 Å². The minimum Gasteiger partial charge on any atom is -0.324 e. The highest BCUT2D eigenvalue weighted by Crippen LogP contribution is 2.86. The van der Waals surface area contributed by atoms with E-state index < -0.39 is 7.14 Å². The van der Waals surface area contributed by atoms with Gasteiger partial charge in [-0.05, 0) is 42.7 Å². The zero-order valence-electron chi connectivity index (χ0n) is 6.73. The molecule has 0 aromatic heterocycles. The monoisotopic (exact) mass is 168 g/mol. The second-order valence-electron chi connectivity index (χ2n) is 5.23. The first-order valence-corrected chi connectivity index (χ1v) is 7.17. The zero-order valence-corrected chi connectivity index (χ0v) is 7.63. The number of hydrogen-bond donors (Lipinski definition) is 0. The number of hydrogen-bond acceptors (Lipinski definition) is 1. The first-order chi connectivity index (χ1) is 5.20. The Hall–Kier alpha value is 0.230. The van der Waals surface area contributed by atoms with Gasteiger partial charge in [-0.1, -0.05) is 0 Å². The van der Waals surface area contributed by atoms with Gasteiger partial charge in [0.05, 0.1) is 7.14 Å². The molecule has 0 radical (unpaired) electrons. The summed E-state index contributed by atoms with van der Waals surface area (Å²) in [4.78, 5) is 0. The van der Waals surface area contributed by atoms with E-state index in [1.54, 1.807) is 0 Å². The third kappa shape index (κ3) is 0.408. The maximum Gasteiger partial charge on any atom is 0.0886 e. The van der Waals surface area contributed by atoms with Crippen LogP contribution in [-0.2, 0) is 4.57 Å². The Labute approximate surface area is 66.9 Å². The predicted octanol–water partition coefficient (Wildman–Crippen LogP) is 1.87. The average molecular weight is 168 g/mol. The van der Waals surface area contributed by atoms with Gasteiger partial charge in [0.25, 0.3) is 0 Å². The molecule has 1 aliphatic heterocycles. The Morgan fingerprint density at radius 3 is 2.45 bits per heavy atom. The van der Waals surface area contributed by atoms with Gasteiger partial charge in [0.2, 0.25) is 0 Å². The summed E-state index contributed by atoms with van der Waals surface area (Å²) in [6.07, 6.45) is 2.59. The molecule has 4 saturated carbocycles. The van der Waals surface area contributed by atoms with E-state index in [9.17, 15) is 4.57 Å². The topological polar surface area (TPSA) is 17.1 Å². The fraction of sp³-hybridized carbons (Fsp3) is 1.00. The molecule has 7 atom stereocenters. The van der Waals surface area contributed by atoms with Crippen LogP contribution in [0.4, 0.5) is 0 Å². The molecule has 4 aliphatic carbocycles. The van der Waals surface area contributed by atoms with E-state index in [1.165, 1.54) is 6.42 Å². The Kier molecular flexibility index (Phi) is 0.668. The van der Waals surface area contributed by atoms with Crippen molar-refractivity contribution >= 4 is 7.14 Å². The van der Waals surface area contributed by atoms with Gasteiger partial charge in [-0.15, -0.1) is 0 Å². The molecule has 60 valence electrons. The molecule has 6 bridgehead atoms. The molecular formula is C9H13OP. The van der Waals surface area contributed by atoms with Crippen molar-refractivity contribution in [3.8, 4) is 0 Å². The summed E-state index contributed by atoms with van der Waals surface area (Å²) in [5.74, 6) is 4.98. The van der Waals surface area contributed by atoms with Gasteiger partial charge in [0.1, 0.15) is 0 Å².